The SMILES string of the molecule is CC(C)(C)OC(=O)N1C[C@H](F)C[C@H]1CCC(=O)O. The summed E-state index contributed by atoms with van der Waals surface area (Å²) in [5.41, 5.74) is -0.636. The average molecular weight is 261 g/mol. The second kappa shape index (κ2) is 5.54. The zero-order chi connectivity index (χ0) is 13.9. The van der Waals surface area contributed by atoms with E-state index < -0.39 is 23.8 Å². The van der Waals surface area contributed by atoms with Crippen LogP contribution in [0.2, 0.25) is 0 Å². The molecule has 1 N–H and O–H groups in total. The van der Waals surface area contributed by atoms with Gasteiger partial charge in [0.05, 0.1) is 6.54 Å². The molecule has 6 heteroatoms. The van der Waals surface area contributed by atoms with Gasteiger partial charge in [-0.25, -0.2) is 9.18 Å². The molecular weight excluding hydrogens is 241 g/mol. The highest BCUT2D eigenvalue weighted by Gasteiger charge is 2.37. The van der Waals surface area contributed by atoms with Gasteiger partial charge in [-0.05, 0) is 27.2 Å². The molecule has 5 nitrogen and oxygen atoms in total. The van der Waals surface area contributed by atoms with Crippen LogP contribution >= 0.6 is 0 Å². The Labute approximate surface area is 106 Å². The van der Waals surface area contributed by atoms with E-state index in [1.807, 2.05) is 0 Å². The number of rotatable bonds is 3. The molecule has 2 atom stereocenters. The van der Waals surface area contributed by atoms with Crippen LogP contribution in [0.1, 0.15) is 40.0 Å². The number of aliphatic carboxylic acids is 1. The van der Waals surface area contributed by atoms with E-state index in [0.717, 1.165) is 0 Å². The van der Waals surface area contributed by atoms with Gasteiger partial charge in [-0.1, -0.05) is 0 Å². The summed E-state index contributed by atoms with van der Waals surface area (Å²) in [4.78, 5) is 23.7. The molecule has 1 aliphatic heterocycles. The number of amides is 1. The first-order valence-corrected chi connectivity index (χ1v) is 6.04. The fourth-order valence-corrected chi connectivity index (χ4v) is 1.97. The fourth-order valence-electron chi connectivity index (χ4n) is 1.97. The van der Waals surface area contributed by atoms with Crippen molar-refractivity contribution < 1.29 is 23.8 Å². The molecule has 1 saturated heterocycles. The summed E-state index contributed by atoms with van der Waals surface area (Å²) in [7, 11) is 0. The summed E-state index contributed by atoms with van der Waals surface area (Å²) in [6.07, 6.45) is -1.30. The number of carbonyl (C=O) groups is 2. The Morgan fingerprint density at radius 3 is 2.56 bits per heavy atom. The molecule has 0 radical (unpaired) electrons. The van der Waals surface area contributed by atoms with Crippen LogP contribution in [-0.4, -0.2) is 46.4 Å². The maximum Gasteiger partial charge on any atom is 0.410 e. The van der Waals surface area contributed by atoms with Gasteiger partial charge in [-0.15, -0.1) is 0 Å². The molecule has 0 unspecified atom stereocenters. The van der Waals surface area contributed by atoms with Gasteiger partial charge in [-0.2, -0.15) is 0 Å². The van der Waals surface area contributed by atoms with Gasteiger partial charge in [0.25, 0.3) is 0 Å². The van der Waals surface area contributed by atoms with Crippen molar-refractivity contribution in [2.45, 2.75) is 57.8 Å². The average Bonchev–Trinajstić information content (AvgIpc) is 2.54. The van der Waals surface area contributed by atoms with Crippen molar-refractivity contribution in [3.05, 3.63) is 0 Å². The number of carbonyl (C=O) groups excluding carboxylic acids is 1. The third kappa shape index (κ3) is 4.50. The first kappa shape index (κ1) is 14.7. The van der Waals surface area contributed by atoms with Crippen molar-refractivity contribution in [3.63, 3.8) is 0 Å². The molecule has 0 saturated carbocycles. The second-order valence-corrected chi connectivity index (χ2v) is 5.55. The van der Waals surface area contributed by atoms with Crippen molar-refractivity contribution in [2.24, 2.45) is 0 Å². The first-order chi connectivity index (χ1) is 8.19. The Morgan fingerprint density at radius 1 is 1.44 bits per heavy atom. The molecule has 1 fully saturated rings. The minimum absolute atomic E-state index is 0.0147. The molecule has 0 bridgehead atoms. The minimum Gasteiger partial charge on any atom is -0.481 e. The van der Waals surface area contributed by atoms with Crippen LogP contribution in [0.15, 0.2) is 0 Å². The summed E-state index contributed by atoms with van der Waals surface area (Å²) in [6.45, 7) is 5.19. The maximum absolute atomic E-state index is 13.3. The van der Waals surface area contributed by atoms with Gasteiger partial charge < -0.3 is 14.7 Å². The molecule has 1 amide bonds. The summed E-state index contributed by atoms with van der Waals surface area (Å²) in [5, 5.41) is 8.62. The molecule has 0 aromatic rings. The Balaban J connectivity index is 2.60. The summed E-state index contributed by atoms with van der Waals surface area (Å²) in [6, 6.07) is -0.383. The van der Waals surface area contributed by atoms with Gasteiger partial charge in [0.1, 0.15) is 11.8 Å². The molecule has 0 aliphatic carbocycles. The van der Waals surface area contributed by atoms with Crippen molar-refractivity contribution >= 4 is 12.1 Å². The lowest BCUT2D eigenvalue weighted by Crippen LogP contribution is -2.40. The van der Waals surface area contributed by atoms with E-state index in [2.05, 4.69) is 0 Å². The smallest absolute Gasteiger partial charge is 0.410 e. The van der Waals surface area contributed by atoms with Crippen molar-refractivity contribution in [2.75, 3.05) is 6.54 Å². The quantitative estimate of drug-likeness (QED) is 0.845. The number of halogens is 1. The highest BCUT2D eigenvalue weighted by Crippen LogP contribution is 2.26. The zero-order valence-electron chi connectivity index (χ0n) is 11.0. The Morgan fingerprint density at radius 2 is 2.06 bits per heavy atom. The van der Waals surface area contributed by atoms with Crippen molar-refractivity contribution in [3.8, 4) is 0 Å². The van der Waals surface area contributed by atoms with Gasteiger partial charge >= 0.3 is 12.1 Å². The predicted octanol–water partition coefficient (Wildman–Crippen LogP) is 2.20. The molecule has 1 rings (SSSR count). The summed E-state index contributed by atoms with van der Waals surface area (Å²) >= 11 is 0. The molecule has 0 spiro atoms. The lowest BCUT2D eigenvalue weighted by Gasteiger charge is -2.28. The van der Waals surface area contributed by atoms with Gasteiger partial charge in [-0.3, -0.25) is 4.79 Å². The molecular formula is C12H20FNO4. The van der Waals surface area contributed by atoms with E-state index in [1.54, 1.807) is 20.8 Å². The number of hydrogen-bond acceptors (Lipinski definition) is 3. The van der Waals surface area contributed by atoms with Gasteiger partial charge in [0.15, 0.2) is 0 Å². The lowest BCUT2D eigenvalue weighted by molar-refractivity contribution is -0.137. The monoisotopic (exact) mass is 261 g/mol. The highest BCUT2D eigenvalue weighted by molar-refractivity contribution is 5.70. The van der Waals surface area contributed by atoms with E-state index in [0.29, 0.717) is 0 Å². The Hall–Kier alpha value is -1.33. The summed E-state index contributed by atoms with van der Waals surface area (Å²) in [5.74, 6) is -0.943. The standard InChI is InChI=1S/C12H20FNO4/c1-12(2,3)18-11(17)14-7-8(13)6-9(14)4-5-10(15)16/h8-9H,4-7H2,1-3H3,(H,15,16)/t8-,9-/m1/s1. The van der Waals surface area contributed by atoms with Crippen LogP contribution in [0.3, 0.4) is 0 Å². The first-order valence-electron chi connectivity index (χ1n) is 6.04. The fraction of sp³-hybridized carbons (Fsp3) is 0.833. The highest BCUT2D eigenvalue weighted by atomic mass is 19.1. The van der Waals surface area contributed by atoms with Gasteiger partial charge in [0.2, 0.25) is 0 Å². The number of hydrogen-bond donors (Lipinski definition) is 1. The van der Waals surface area contributed by atoms with Gasteiger partial charge in [0, 0.05) is 18.9 Å². The van der Waals surface area contributed by atoms with E-state index >= 15 is 0 Å². The summed E-state index contributed by atoms with van der Waals surface area (Å²) < 4.78 is 18.5. The molecule has 0 aromatic heterocycles. The van der Waals surface area contributed by atoms with Crippen LogP contribution < -0.4 is 0 Å². The van der Waals surface area contributed by atoms with Crippen LogP contribution in [0, 0.1) is 0 Å². The lowest BCUT2D eigenvalue weighted by atomic mass is 10.1. The normalized spacial score (nSPS) is 24.1. The van der Waals surface area contributed by atoms with E-state index in [-0.39, 0.29) is 31.8 Å². The van der Waals surface area contributed by atoms with Crippen LogP contribution in [0.4, 0.5) is 9.18 Å². The number of alkyl halides is 1. The molecule has 0 aromatic carbocycles. The number of carboxylic acid groups (broad SMARTS) is 1. The largest absolute Gasteiger partial charge is 0.481 e. The third-order valence-electron chi connectivity index (χ3n) is 2.68. The molecule has 18 heavy (non-hydrogen) atoms. The zero-order valence-corrected chi connectivity index (χ0v) is 11.0. The molecule has 1 aliphatic rings. The number of nitrogens with zero attached hydrogens (tertiary/aromatic N) is 1. The minimum atomic E-state index is -1.10. The second-order valence-electron chi connectivity index (χ2n) is 5.55. The van der Waals surface area contributed by atoms with Crippen molar-refractivity contribution in [1.29, 1.82) is 0 Å². The van der Waals surface area contributed by atoms with Crippen molar-refractivity contribution in [1.82, 2.24) is 4.90 Å². The topological polar surface area (TPSA) is 66.8 Å². The van der Waals surface area contributed by atoms with E-state index in [1.165, 1.54) is 4.90 Å². The van der Waals surface area contributed by atoms with E-state index in [9.17, 15) is 14.0 Å². The molecule has 104 valence electrons. The third-order valence-corrected chi connectivity index (χ3v) is 2.68. The number of ether oxygens (including phenoxy) is 1. The number of carboxylic acids is 1. The van der Waals surface area contributed by atoms with Crippen LogP contribution in [0.5, 0.6) is 0 Å². The van der Waals surface area contributed by atoms with Crippen LogP contribution in [-0.2, 0) is 9.53 Å². The Bertz CT molecular complexity index is 327. The van der Waals surface area contributed by atoms with Crippen LogP contribution in [0.25, 0.3) is 0 Å². The molecule has 1 heterocycles. The number of likely N-dealkylation sites (tertiary alicyclic amines) is 1. The maximum atomic E-state index is 13.3. The Kier molecular flexibility index (Phi) is 4.53. The van der Waals surface area contributed by atoms with E-state index in [4.69, 9.17) is 9.84 Å². The predicted molar refractivity (Wildman–Crippen MR) is 63.1 cm³/mol.